The van der Waals surface area contributed by atoms with Crippen LogP contribution in [0.25, 0.3) is 0 Å². The predicted molar refractivity (Wildman–Crippen MR) is 69.2 cm³/mol. The Labute approximate surface area is 121 Å². The van der Waals surface area contributed by atoms with Crippen LogP contribution < -0.4 is 5.06 Å². The number of nitrogens with zero attached hydrogens (tertiary/aromatic N) is 3. The quantitative estimate of drug-likeness (QED) is 0.453. The largest absolute Gasteiger partial charge is 0.544 e. The summed E-state index contributed by atoms with van der Waals surface area (Å²) < 4.78 is 37.3. The molecule has 8 nitrogen and oxygen atoms in total. The second-order valence-corrected chi connectivity index (χ2v) is 4.05. The molecule has 0 unspecified atom stereocenters. The average molecular weight is 321 g/mol. The molecule has 0 aliphatic rings. The second kappa shape index (κ2) is 6.39. The van der Waals surface area contributed by atoms with Gasteiger partial charge in [-0.15, -0.1) is 19.8 Å². The average Bonchev–Trinajstić information content (AvgIpc) is 2.35. The van der Waals surface area contributed by atoms with E-state index in [1.807, 2.05) is 0 Å². The Morgan fingerprint density at radius 1 is 1.27 bits per heavy atom. The van der Waals surface area contributed by atoms with Gasteiger partial charge in [0.05, 0.1) is 16.4 Å². The first-order valence-corrected chi connectivity index (χ1v) is 5.64. The van der Waals surface area contributed by atoms with Gasteiger partial charge in [0.25, 0.3) is 0 Å². The molecule has 1 aromatic rings. The highest BCUT2D eigenvalue weighted by molar-refractivity contribution is 5.75. The molecular formula is C11H10F3N3O5. The minimum Gasteiger partial charge on any atom is -0.258 e. The summed E-state index contributed by atoms with van der Waals surface area (Å²) in [5.74, 6) is 0. The number of benzene rings is 1. The van der Waals surface area contributed by atoms with Crippen molar-refractivity contribution in [2.24, 2.45) is 0 Å². The Morgan fingerprint density at radius 3 is 2.05 bits per heavy atom. The first kappa shape index (κ1) is 17.4. The van der Waals surface area contributed by atoms with Gasteiger partial charge in [-0.25, -0.2) is 5.06 Å². The molecule has 22 heavy (non-hydrogen) atoms. The number of hydroxylamine groups is 1. The van der Waals surface area contributed by atoms with Crippen LogP contribution in [-0.2, 0) is 4.84 Å². The van der Waals surface area contributed by atoms with E-state index in [-0.39, 0.29) is 10.6 Å². The first-order valence-electron chi connectivity index (χ1n) is 5.64. The van der Waals surface area contributed by atoms with Crippen molar-refractivity contribution < 1.29 is 27.9 Å². The standard InChI is InChI=1S/C11H10F3N3O5/c1-3-4-15(22-11(12,13)14)10-8(16(18)19)5-7(2)6-9(10)17(20)21/h3,5-6H,1,4H2,2H3. The maximum Gasteiger partial charge on any atom is 0.544 e. The third kappa shape index (κ3) is 4.15. The molecule has 0 saturated heterocycles. The lowest BCUT2D eigenvalue weighted by Crippen LogP contribution is -2.32. The molecular weight excluding hydrogens is 311 g/mol. The van der Waals surface area contributed by atoms with E-state index in [9.17, 15) is 33.4 Å². The molecule has 0 bridgehead atoms. The summed E-state index contributed by atoms with van der Waals surface area (Å²) >= 11 is 0. The number of nitro benzene ring substituents is 2. The highest BCUT2D eigenvalue weighted by atomic mass is 19.4. The summed E-state index contributed by atoms with van der Waals surface area (Å²) in [6.07, 6.45) is -4.23. The van der Waals surface area contributed by atoms with Crippen molar-refractivity contribution >= 4 is 17.1 Å². The van der Waals surface area contributed by atoms with Gasteiger partial charge in [0.15, 0.2) is 0 Å². The molecule has 0 aliphatic heterocycles. The highest BCUT2D eigenvalue weighted by Crippen LogP contribution is 2.40. The minimum absolute atomic E-state index is 0.0166. The minimum atomic E-state index is -5.18. The molecule has 0 saturated carbocycles. The molecule has 1 aromatic carbocycles. The second-order valence-electron chi connectivity index (χ2n) is 4.05. The number of anilines is 1. The summed E-state index contributed by atoms with van der Waals surface area (Å²) in [6, 6.07) is 1.83. The molecule has 0 aliphatic carbocycles. The fourth-order valence-corrected chi connectivity index (χ4v) is 1.69. The van der Waals surface area contributed by atoms with E-state index in [0.717, 1.165) is 18.2 Å². The zero-order valence-corrected chi connectivity index (χ0v) is 11.2. The summed E-state index contributed by atoms with van der Waals surface area (Å²) in [5.41, 5.74) is -2.51. The molecule has 0 spiro atoms. The number of rotatable bonds is 6. The molecule has 11 heteroatoms. The van der Waals surface area contributed by atoms with Crippen molar-refractivity contribution in [3.63, 3.8) is 0 Å². The van der Waals surface area contributed by atoms with E-state index in [2.05, 4.69) is 11.4 Å². The number of aryl methyl sites for hydroxylation is 1. The molecule has 120 valence electrons. The van der Waals surface area contributed by atoms with Crippen LogP contribution in [0.4, 0.5) is 30.2 Å². The maximum atomic E-state index is 12.4. The molecule has 0 heterocycles. The summed E-state index contributed by atoms with van der Waals surface area (Å²) in [6.45, 7) is 3.88. The number of hydrogen-bond donors (Lipinski definition) is 0. The number of hydrogen-bond acceptors (Lipinski definition) is 6. The monoisotopic (exact) mass is 321 g/mol. The Balaban J connectivity index is 3.60. The van der Waals surface area contributed by atoms with E-state index in [4.69, 9.17) is 0 Å². The number of alkyl halides is 3. The molecule has 0 radical (unpaired) electrons. The van der Waals surface area contributed by atoms with Crippen molar-refractivity contribution in [3.8, 4) is 0 Å². The van der Waals surface area contributed by atoms with Gasteiger partial charge in [-0.2, -0.15) is 4.84 Å². The van der Waals surface area contributed by atoms with Crippen molar-refractivity contribution in [2.75, 3.05) is 11.6 Å². The van der Waals surface area contributed by atoms with Crippen LogP contribution >= 0.6 is 0 Å². The Kier molecular flexibility index (Phi) is 5.04. The topological polar surface area (TPSA) is 98.8 Å². The van der Waals surface area contributed by atoms with Crippen LogP contribution in [0.1, 0.15) is 5.56 Å². The van der Waals surface area contributed by atoms with Gasteiger partial charge < -0.3 is 0 Å². The van der Waals surface area contributed by atoms with Gasteiger partial charge in [-0.3, -0.25) is 20.2 Å². The highest BCUT2D eigenvalue weighted by Gasteiger charge is 2.39. The lowest BCUT2D eigenvalue weighted by Gasteiger charge is -2.22. The molecule has 0 atom stereocenters. The third-order valence-corrected chi connectivity index (χ3v) is 2.37. The molecule has 0 aromatic heterocycles. The lowest BCUT2D eigenvalue weighted by molar-refractivity contribution is -0.394. The maximum absolute atomic E-state index is 12.4. The lowest BCUT2D eigenvalue weighted by atomic mass is 10.1. The van der Waals surface area contributed by atoms with Gasteiger partial charge in [0, 0.05) is 12.1 Å². The van der Waals surface area contributed by atoms with Crippen LogP contribution in [0.5, 0.6) is 0 Å². The summed E-state index contributed by atoms with van der Waals surface area (Å²) in [4.78, 5) is 23.6. The summed E-state index contributed by atoms with van der Waals surface area (Å²) in [7, 11) is 0. The SMILES string of the molecule is C=CCN(OC(F)(F)F)c1c([N+](=O)[O-])cc(C)cc1[N+](=O)[O-]. The number of nitro groups is 2. The fraction of sp³-hybridized carbons (Fsp3) is 0.273. The zero-order valence-electron chi connectivity index (χ0n) is 11.2. The van der Waals surface area contributed by atoms with E-state index in [0.29, 0.717) is 0 Å². The first-order chi connectivity index (χ1) is 10.1. The van der Waals surface area contributed by atoms with Crippen LogP contribution in [-0.4, -0.2) is 22.8 Å². The normalized spacial score (nSPS) is 11.1. The van der Waals surface area contributed by atoms with Crippen LogP contribution in [0.15, 0.2) is 24.8 Å². The van der Waals surface area contributed by atoms with E-state index >= 15 is 0 Å². The van der Waals surface area contributed by atoms with Gasteiger partial charge in [0.1, 0.15) is 0 Å². The smallest absolute Gasteiger partial charge is 0.258 e. The van der Waals surface area contributed by atoms with Gasteiger partial charge in [-0.05, 0) is 12.5 Å². The van der Waals surface area contributed by atoms with Crippen LogP contribution in [0.3, 0.4) is 0 Å². The Hall–Kier alpha value is -2.69. The molecule has 0 fully saturated rings. The van der Waals surface area contributed by atoms with E-state index in [1.54, 1.807) is 0 Å². The van der Waals surface area contributed by atoms with Crippen molar-refractivity contribution in [3.05, 3.63) is 50.6 Å². The van der Waals surface area contributed by atoms with Crippen LogP contribution in [0, 0.1) is 27.2 Å². The van der Waals surface area contributed by atoms with E-state index in [1.165, 1.54) is 6.92 Å². The van der Waals surface area contributed by atoms with Gasteiger partial charge in [-0.1, -0.05) is 6.08 Å². The van der Waals surface area contributed by atoms with Crippen molar-refractivity contribution in [1.82, 2.24) is 0 Å². The third-order valence-electron chi connectivity index (χ3n) is 2.37. The number of halogens is 3. The van der Waals surface area contributed by atoms with Crippen LogP contribution in [0.2, 0.25) is 0 Å². The van der Waals surface area contributed by atoms with Gasteiger partial charge in [0.2, 0.25) is 5.69 Å². The summed E-state index contributed by atoms with van der Waals surface area (Å²) in [5, 5.41) is 22.1. The molecule has 0 amide bonds. The van der Waals surface area contributed by atoms with E-state index < -0.39 is 39.8 Å². The Bertz CT molecular complexity index is 582. The van der Waals surface area contributed by atoms with Crippen molar-refractivity contribution in [1.29, 1.82) is 0 Å². The molecule has 1 rings (SSSR count). The molecule has 0 N–H and O–H groups in total. The Morgan fingerprint density at radius 2 is 1.73 bits per heavy atom. The van der Waals surface area contributed by atoms with Crippen molar-refractivity contribution in [2.45, 2.75) is 13.3 Å². The van der Waals surface area contributed by atoms with Gasteiger partial charge >= 0.3 is 17.7 Å². The zero-order chi connectivity index (χ0) is 17.1. The predicted octanol–water partition coefficient (Wildman–Crippen LogP) is 3.26. The fourth-order valence-electron chi connectivity index (χ4n) is 1.69.